The van der Waals surface area contributed by atoms with Gasteiger partial charge in [-0.05, 0) is 6.42 Å². The Hall–Kier alpha value is -0.940. The quantitative estimate of drug-likeness (QED) is 0.276. The summed E-state index contributed by atoms with van der Waals surface area (Å²) < 4.78 is 4.75. The summed E-state index contributed by atoms with van der Waals surface area (Å²) in [4.78, 5) is 23.0. The summed E-state index contributed by atoms with van der Waals surface area (Å²) >= 11 is 0. The predicted molar refractivity (Wildman–Crippen MR) is 85.5 cm³/mol. The van der Waals surface area contributed by atoms with Crippen molar-refractivity contribution in [3.63, 3.8) is 0 Å². The van der Waals surface area contributed by atoms with Gasteiger partial charge >= 0.3 is 5.97 Å². The third kappa shape index (κ3) is 12.8. The van der Waals surface area contributed by atoms with Crippen LogP contribution in [0.4, 0.5) is 0 Å². The Balaban J connectivity index is 3.47. The van der Waals surface area contributed by atoms with E-state index in [0.717, 1.165) is 19.3 Å². The lowest BCUT2D eigenvalue weighted by Gasteiger charge is -2.12. The van der Waals surface area contributed by atoms with E-state index >= 15 is 0 Å². The molecule has 0 spiro atoms. The van der Waals surface area contributed by atoms with Crippen LogP contribution in [0, 0.1) is 0 Å². The molecule has 0 rings (SSSR count). The van der Waals surface area contributed by atoms with Crippen LogP contribution in [0.3, 0.4) is 0 Å². The number of hydrogen-bond donors (Lipinski definition) is 2. The summed E-state index contributed by atoms with van der Waals surface area (Å²) in [5.74, 6) is -0.809. The van der Waals surface area contributed by atoms with Crippen LogP contribution < -0.4 is 0 Å². The van der Waals surface area contributed by atoms with Crippen molar-refractivity contribution in [3.05, 3.63) is 0 Å². The summed E-state index contributed by atoms with van der Waals surface area (Å²) in [6.07, 6.45) is 9.86. The van der Waals surface area contributed by atoms with Crippen molar-refractivity contribution in [1.29, 1.82) is 0 Å². The number of Topliss-reactive ketones (excluding diaryl/α,β-unsaturated/α-hetero) is 1. The maximum Gasteiger partial charge on any atom is 0.313 e. The van der Waals surface area contributed by atoms with Gasteiger partial charge in [0.2, 0.25) is 0 Å². The zero-order valence-electron chi connectivity index (χ0n) is 13.9. The molecule has 0 aromatic rings. The molecule has 5 nitrogen and oxygen atoms in total. The number of hydrogen-bond acceptors (Lipinski definition) is 5. The van der Waals surface area contributed by atoms with Crippen LogP contribution in [0.1, 0.15) is 77.6 Å². The SMILES string of the molecule is CCCCCCCCCCCC(=O)CC(=O)OC(CO)CO. The van der Waals surface area contributed by atoms with Gasteiger partial charge in [-0.15, -0.1) is 0 Å². The molecule has 5 heteroatoms. The number of unbranched alkanes of at least 4 members (excludes halogenated alkanes) is 8. The highest BCUT2D eigenvalue weighted by Gasteiger charge is 2.15. The average Bonchev–Trinajstić information content (AvgIpc) is 2.50. The smallest absolute Gasteiger partial charge is 0.313 e. The van der Waals surface area contributed by atoms with E-state index in [0.29, 0.717) is 6.42 Å². The molecule has 0 aliphatic rings. The third-order valence-electron chi connectivity index (χ3n) is 3.61. The van der Waals surface area contributed by atoms with Crippen molar-refractivity contribution in [2.45, 2.75) is 83.7 Å². The summed E-state index contributed by atoms with van der Waals surface area (Å²) in [7, 11) is 0. The van der Waals surface area contributed by atoms with Crippen molar-refractivity contribution in [1.82, 2.24) is 0 Å². The normalized spacial score (nSPS) is 10.9. The number of carbonyl (C=O) groups excluding carboxylic acids is 2. The van der Waals surface area contributed by atoms with E-state index in [1.165, 1.54) is 38.5 Å². The first-order valence-electron chi connectivity index (χ1n) is 8.56. The molecule has 0 amide bonds. The van der Waals surface area contributed by atoms with Crippen LogP contribution in [0.15, 0.2) is 0 Å². The summed E-state index contributed by atoms with van der Waals surface area (Å²) in [5, 5.41) is 17.6. The van der Waals surface area contributed by atoms with Gasteiger partial charge < -0.3 is 14.9 Å². The first-order chi connectivity index (χ1) is 10.6. The van der Waals surface area contributed by atoms with Gasteiger partial charge in [0, 0.05) is 6.42 Å². The molecule has 0 aliphatic carbocycles. The zero-order valence-corrected chi connectivity index (χ0v) is 13.9. The van der Waals surface area contributed by atoms with Gasteiger partial charge in [-0.3, -0.25) is 9.59 Å². The molecule has 0 saturated carbocycles. The lowest BCUT2D eigenvalue weighted by atomic mass is 10.0. The number of rotatable bonds is 15. The van der Waals surface area contributed by atoms with Crippen molar-refractivity contribution in [2.75, 3.05) is 13.2 Å². The Kier molecular flexibility index (Phi) is 14.3. The summed E-state index contributed by atoms with van der Waals surface area (Å²) in [5.41, 5.74) is 0. The van der Waals surface area contributed by atoms with Crippen molar-refractivity contribution < 1.29 is 24.5 Å². The molecule has 22 heavy (non-hydrogen) atoms. The maximum atomic E-state index is 11.6. The predicted octanol–water partition coefficient (Wildman–Crippen LogP) is 2.76. The molecular formula is C17H32O5. The second kappa shape index (κ2) is 15.0. The average molecular weight is 316 g/mol. The van der Waals surface area contributed by atoms with Crippen LogP contribution in [-0.2, 0) is 14.3 Å². The van der Waals surface area contributed by atoms with E-state index in [1.54, 1.807) is 0 Å². The molecule has 0 bridgehead atoms. The Morgan fingerprint density at radius 3 is 1.86 bits per heavy atom. The standard InChI is InChI=1S/C17H32O5/c1-2-3-4-5-6-7-8-9-10-11-15(20)12-17(21)22-16(13-18)14-19/h16,18-19H,2-14H2,1H3. The number of aliphatic hydroxyl groups is 2. The molecule has 0 fully saturated rings. The van der Waals surface area contributed by atoms with E-state index in [-0.39, 0.29) is 12.2 Å². The molecule has 0 aliphatic heterocycles. The van der Waals surface area contributed by atoms with Gasteiger partial charge in [0.1, 0.15) is 18.3 Å². The van der Waals surface area contributed by atoms with Gasteiger partial charge in [-0.1, -0.05) is 58.3 Å². The van der Waals surface area contributed by atoms with Gasteiger partial charge in [-0.2, -0.15) is 0 Å². The Bertz CT molecular complexity index is 287. The largest absolute Gasteiger partial charge is 0.457 e. The molecule has 0 atom stereocenters. The van der Waals surface area contributed by atoms with Crippen LogP contribution >= 0.6 is 0 Å². The fraction of sp³-hybridized carbons (Fsp3) is 0.882. The molecule has 0 heterocycles. The third-order valence-corrected chi connectivity index (χ3v) is 3.61. The maximum absolute atomic E-state index is 11.6. The number of aliphatic hydroxyl groups excluding tert-OH is 2. The first-order valence-corrected chi connectivity index (χ1v) is 8.56. The van der Waals surface area contributed by atoms with Crippen molar-refractivity contribution in [2.24, 2.45) is 0 Å². The molecule has 0 radical (unpaired) electrons. The van der Waals surface area contributed by atoms with Gasteiger partial charge in [0.05, 0.1) is 13.2 Å². The highest BCUT2D eigenvalue weighted by molar-refractivity contribution is 5.95. The topological polar surface area (TPSA) is 83.8 Å². The highest BCUT2D eigenvalue weighted by Crippen LogP contribution is 2.11. The molecule has 2 N–H and O–H groups in total. The van der Waals surface area contributed by atoms with E-state index in [4.69, 9.17) is 14.9 Å². The van der Waals surface area contributed by atoms with Gasteiger partial charge in [-0.25, -0.2) is 0 Å². The second-order valence-electron chi connectivity index (χ2n) is 5.77. The van der Waals surface area contributed by atoms with E-state index in [2.05, 4.69) is 6.92 Å². The van der Waals surface area contributed by atoms with Crippen LogP contribution in [0.25, 0.3) is 0 Å². The van der Waals surface area contributed by atoms with Crippen molar-refractivity contribution >= 4 is 11.8 Å². The van der Waals surface area contributed by atoms with Crippen LogP contribution in [-0.4, -0.2) is 41.3 Å². The van der Waals surface area contributed by atoms with E-state index in [1.807, 2.05) is 0 Å². The minimum Gasteiger partial charge on any atom is -0.457 e. The molecular weight excluding hydrogens is 284 g/mol. The first kappa shape index (κ1) is 21.1. The van der Waals surface area contributed by atoms with E-state index in [9.17, 15) is 9.59 Å². The van der Waals surface area contributed by atoms with Gasteiger partial charge in [0.15, 0.2) is 0 Å². The fourth-order valence-corrected chi connectivity index (χ4v) is 2.24. The molecule has 0 unspecified atom stereocenters. The van der Waals surface area contributed by atoms with Gasteiger partial charge in [0.25, 0.3) is 0 Å². The number of ether oxygens (including phenoxy) is 1. The molecule has 0 saturated heterocycles. The lowest BCUT2D eigenvalue weighted by molar-refractivity contribution is -0.155. The number of carbonyl (C=O) groups is 2. The molecule has 0 aromatic carbocycles. The zero-order chi connectivity index (χ0) is 16.6. The van der Waals surface area contributed by atoms with E-state index < -0.39 is 25.3 Å². The summed E-state index contributed by atoms with van der Waals surface area (Å²) in [6.45, 7) is 1.34. The second-order valence-corrected chi connectivity index (χ2v) is 5.77. The minimum absolute atomic E-state index is 0.137. The molecule has 130 valence electrons. The van der Waals surface area contributed by atoms with Crippen LogP contribution in [0.5, 0.6) is 0 Å². The highest BCUT2D eigenvalue weighted by atomic mass is 16.6. The fourth-order valence-electron chi connectivity index (χ4n) is 2.24. The summed E-state index contributed by atoms with van der Waals surface area (Å²) in [6, 6.07) is 0. The monoisotopic (exact) mass is 316 g/mol. The Morgan fingerprint density at radius 1 is 0.864 bits per heavy atom. The lowest BCUT2D eigenvalue weighted by Crippen LogP contribution is -2.26. The Morgan fingerprint density at radius 2 is 1.36 bits per heavy atom. The minimum atomic E-state index is -0.923. The van der Waals surface area contributed by atoms with Crippen molar-refractivity contribution in [3.8, 4) is 0 Å². The van der Waals surface area contributed by atoms with Crippen LogP contribution in [0.2, 0.25) is 0 Å². The number of ketones is 1. The Labute approximate surface area is 134 Å². The number of esters is 1. The molecule has 0 aromatic heterocycles.